The van der Waals surface area contributed by atoms with Gasteiger partial charge in [-0.15, -0.1) is 0 Å². The minimum atomic E-state index is -1.37. The molecule has 0 fully saturated rings. The third kappa shape index (κ3) is 3.94. The van der Waals surface area contributed by atoms with E-state index in [1.807, 2.05) is 0 Å². The van der Waals surface area contributed by atoms with Crippen LogP contribution in [0, 0.1) is 11.6 Å². The molecule has 1 amide bonds. The molecule has 0 aliphatic rings. The van der Waals surface area contributed by atoms with Crippen molar-refractivity contribution in [2.24, 2.45) is 0 Å². The van der Waals surface area contributed by atoms with Gasteiger partial charge in [-0.05, 0) is 42.0 Å². The van der Waals surface area contributed by atoms with Crippen LogP contribution in [0.25, 0.3) is 5.69 Å². The predicted molar refractivity (Wildman–Crippen MR) is 91.4 cm³/mol. The lowest BCUT2D eigenvalue weighted by molar-refractivity contribution is -0.139. The average Bonchev–Trinajstić information content (AvgIpc) is 3.10. The van der Waals surface area contributed by atoms with Crippen molar-refractivity contribution in [1.82, 2.24) is 14.7 Å². The average molecular weight is 357 g/mol. The number of carbonyl (C=O) groups is 1. The number of nitrogens with zero attached hydrogens (tertiary/aromatic N) is 3. The lowest BCUT2D eigenvalue weighted by atomic mass is 10.1. The lowest BCUT2D eigenvalue weighted by Crippen LogP contribution is -2.31. The largest absolute Gasteiger partial charge is 0.378 e. The van der Waals surface area contributed by atoms with Crippen molar-refractivity contribution in [2.45, 2.75) is 12.6 Å². The third-order valence-electron chi connectivity index (χ3n) is 3.94. The Bertz CT molecular complexity index is 892. The molecule has 3 aromatic rings. The molecule has 5 nitrogen and oxygen atoms in total. The van der Waals surface area contributed by atoms with E-state index in [2.05, 4.69) is 5.10 Å². The first-order valence-corrected chi connectivity index (χ1v) is 7.92. The van der Waals surface area contributed by atoms with Gasteiger partial charge in [-0.1, -0.05) is 12.1 Å². The van der Waals surface area contributed by atoms with Crippen LogP contribution < -0.4 is 0 Å². The Morgan fingerprint density at radius 1 is 1.12 bits per heavy atom. The van der Waals surface area contributed by atoms with Crippen molar-refractivity contribution >= 4 is 5.91 Å². The van der Waals surface area contributed by atoms with Crippen LogP contribution in [0.4, 0.5) is 8.78 Å². The molecular formula is C19H17F2N3O2. The Labute approximate surface area is 149 Å². The second-order valence-corrected chi connectivity index (χ2v) is 5.92. The van der Waals surface area contributed by atoms with E-state index in [1.54, 1.807) is 36.3 Å². The fourth-order valence-electron chi connectivity index (χ4n) is 2.52. The number of halogens is 2. The van der Waals surface area contributed by atoms with Gasteiger partial charge in [0.1, 0.15) is 11.6 Å². The van der Waals surface area contributed by atoms with Gasteiger partial charge >= 0.3 is 0 Å². The van der Waals surface area contributed by atoms with Gasteiger partial charge in [-0.3, -0.25) is 4.79 Å². The van der Waals surface area contributed by atoms with Crippen LogP contribution in [0.2, 0.25) is 0 Å². The zero-order chi connectivity index (χ0) is 18.7. The van der Waals surface area contributed by atoms with E-state index in [1.165, 1.54) is 41.3 Å². The maximum atomic E-state index is 13.0. The Morgan fingerprint density at radius 3 is 2.31 bits per heavy atom. The number of rotatable bonds is 5. The first-order valence-electron chi connectivity index (χ1n) is 7.92. The van der Waals surface area contributed by atoms with Gasteiger partial charge in [0.25, 0.3) is 5.91 Å². The quantitative estimate of drug-likeness (QED) is 0.764. The van der Waals surface area contributed by atoms with Gasteiger partial charge in [0.05, 0.1) is 11.9 Å². The summed E-state index contributed by atoms with van der Waals surface area (Å²) >= 11 is 0. The second-order valence-electron chi connectivity index (χ2n) is 5.92. The van der Waals surface area contributed by atoms with E-state index in [0.717, 1.165) is 5.56 Å². The Hall–Kier alpha value is -3.06. The molecule has 1 atom stereocenters. The molecule has 7 heteroatoms. The molecule has 0 aliphatic heterocycles. The number of carbonyl (C=O) groups excluding carboxylic acids is 1. The third-order valence-corrected chi connectivity index (χ3v) is 3.94. The predicted octanol–water partition coefficient (Wildman–Crippen LogP) is 2.84. The van der Waals surface area contributed by atoms with Crippen LogP contribution >= 0.6 is 0 Å². The van der Waals surface area contributed by atoms with Crippen LogP contribution in [0.5, 0.6) is 0 Å². The number of benzene rings is 2. The maximum absolute atomic E-state index is 13.0. The highest BCUT2D eigenvalue weighted by molar-refractivity contribution is 5.81. The molecule has 26 heavy (non-hydrogen) atoms. The van der Waals surface area contributed by atoms with E-state index in [0.29, 0.717) is 11.3 Å². The second kappa shape index (κ2) is 7.45. The van der Waals surface area contributed by atoms with Crippen molar-refractivity contribution in [1.29, 1.82) is 0 Å². The van der Waals surface area contributed by atoms with Gasteiger partial charge in [0, 0.05) is 25.4 Å². The fraction of sp³-hybridized carbons (Fsp3) is 0.158. The molecule has 2 aromatic carbocycles. The van der Waals surface area contributed by atoms with Gasteiger partial charge in [-0.2, -0.15) is 5.10 Å². The lowest BCUT2D eigenvalue weighted by Gasteiger charge is -2.20. The monoisotopic (exact) mass is 357 g/mol. The van der Waals surface area contributed by atoms with E-state index in [9.17, 15) is 18.7 Å². The molecule has 0 radical (unpaired) electrons. The summed E-state index contributed by atoms with van der Waals surface area (Å²) in [5.74, 6) is -1.28. The topological polar surface area (TPSA) is 58.4 Å². The summed E-state index contributed by atoms with van der Waals surface area (Å²) in [7, 11) is 1.56. The summed E-state index contributed by atoms with van der Waals surface area (Å²) in [5, 5.41) is 14.4. The first kappa shape index (κ1) is 17.8. The van der Waals surface area contributed by atoms with Gasteiger partial charge in [0.2, 0.25) is 0 Å². The molecule has 0 saturated heterocycles. The van der Waals surface area contributed by atoms with E-state index >= 15 is 0 Å². The fourth-order valence-corrected chi connectivity index (χ4v) is 2.52. The smallest absolute Gasteiger partial charge is 0.256 e. The molecule has 1 heterocycles. The maximum Gasteiger partial charge on any atom is 0.256 e. The van der Waals surface area contributed by atoms with Crippen LogP contribution in [0.15, 0.2) is 60.9 Å². The summed E-state index contributed by atoms with van der Waals surface area (Å²) < 4.78 is 27.5. The first-order chi connectivity index (χ1) is 12.4. The van der Waals surface area contributed by atoms with E-state index in [4.69, 9.17) is 0 Å². The zero-order valence-corrected chi connectivity index (χ0v) is 14.0. The number of aromatic nitrogens is 2. The number of aliphatic hydroxyl groups is 1. The standard InChI is InChI=1S/C19H17F2N3O2/c1-23(19(26)18(25)14-2-4-15(20)5-3-14)11-13-10-22-24(12-13)17-8-6-16(21)7-9-17/h2-10,12,18,25H,11H2,1H3/t18-/m1/s1. The minimum absolute atomic E-state index is 0.234. The Kier molecular flexibility index (Phi) is 5.09. The van der Waals surface area contributed by atoms with Crippen LogP contribution in [-0.4, -0.2) is 32.7 Å². The van der Waals surface area contributed by atoms with Gasteiger partial charge in [-0.25, -0.2) is 13.5 Å². The van der Waals surface area contributed by atoms with Crippen molar-refractivity contribution in [2.75, 3.05) is 7.05 Å². The van der Waals surface area contributed by atoms with E-state index < -0.39 is 17.8 Å². The molecule has 1 aromatic heterocycles. The van der Waals surface area contributed by atoms with Crippen LogP contribution in [-0.2, 0) is 11.3 Å². The number of hydrogen-bond acceptors (Lipinski definition) is 3. The number of amides is 1. The normalized spacial score (nSPS) is 12.0. The van der Waals surface area contributed by atoms with Gasteiger partial charge < -0.3 is 10.0 Å². The molecule has 134 valence electrons. The molecule has 0 aliphatic carbocycles. The number of aliphatic hydroxyl groups excluding tert-OH is 1. The van der Waals surface area contributed by atoms with Crippen molar-refractivity contribution in [3.8, 4) is 5.69 Å². The summed E-state index contributed by atoms with van der Waals surface area (Å²) in [4.78, 5) is 13.7. The summed E-state index contributed by atoms with van der Waals surface area (Å²) in [6, 6.07) is 11.0. The molecule has 1 N–H and O–H groups in total. The van der Waals surface area contributed by atoms with Crippen molar-refractivity contribution < 1.29 is 18.7 Å². The van der Waals surface area contributed by atoms with Gasteiger partial charge in [0.15, 0.2) is 6.10 Å². The zero-order valence-electron chi connectivity index (χ0n) is 14.0. The summed E-state index contributed by atoms with van der Waals surface area (Å²) in [6.07, 6.45) is 1.95. The van der Waals surface area contributed by atoms with Crippen LogP contribution in [0.3, 0.4) is 0 Å². The van der Waals surface area contributed by atoms with Crippen molar-refractivity contribution in [3.63, 3.8) is 0 Å². The van der Waals surface area contributed by atoms with Crippen molar-refractivity contribution in [3.05, 3.63) is 83.7 Å². The number of likely N-dealkylation sites (N-methyl/N-ethyl adjacent to an activating group) is 1. The molecule has 0 unspecified atom stereocenters. The Balaban J connectivity index is 1.67. The molecule has 3 rings (SSSR count). The highest BCUT2D eigenvalue weighted by Gasteiger charge is 2.21. The summed E-state index contributed by atoms with van der Waals surface area (Å²) in [6.45, 7) is 0.234. The molecular weight excluding hydrogens is 340 g/mol. The minimum Gasteiger partial charge on any atom is -0.378 e. The molecule has 0 saturated carbocycles. The highest BCUT2D eigenvalue weighted by Crippen LogP contribution is 2.17. The highest BCUT2D eigenvalue weighted by atomic mass is 19.1. The number of hydrogen-bond donors (Lipinski definition) is 1. The Morgan fingerprint density at radius 2 is 1.69 bits per heavy atom. The molecule has 0 bridgehead atoms. The summed E-state index contributed by atoms with van der Waals surface area (Å²) in [5.41, 5.74) is 1.76. The molecule has 0 spiro atoms. The van der Waals surface area contributed by atoms with E-state index in [-0.39, 0.29) is 12.4 Å². The SMILES string of the molecule is CN(Cc1cnn(-c2ccc(F)cc2)c1)C(=O)[C@H](O)c1ccc(F)cc1. The van der Waals surface area contributed by atoms with Crippen LogP contribution in [0.1, 0.15) is 17.2 Å².